The van der Waals surface area contributed by atoms with Crippen molar-refractivity contribution in [3.63, 3.8) is 0 Å². The smallest absolute Gasteiger partial charge is 0.361 e. The number of rotatable bonds is 4. The first-order chi connectivity index (χ1) is 9.54. The van der Waals surface area contributed by atoms with Crippen LogP contribution in [-0.2, 0) is 4.74 Å². The van der Waals surface area contributed by atoms with E-state index in [1.54, 1.807) is 31.2 Å². The Balaban J connectivity index is 2.48. The van der Waals surface area contributed by atoms with Crippen LogP contribution in [0.2, 0.25) is 0 Å². The van der Waals surface area contributed by atoms with Crippen LogP contribution >= 0.6 is 0 Å². The third kappa shape index (κ3) is 2.46. The van der Waals surface area contributed by atoms with Crippen LogP contribution in [0, 0.1) is 0 Å². The number of amides is 1. The van der Waals surface area contributed by atoms with E-state index in [0.29, 0.717) is 5.69 Å². The molecule has 0 saturated heterocycles. The molecule has 0 spiro atoms. The molecule has 0 bridgehead atoms. The summed E-state index contributed by atoms with van der Waals surface area (Å²) >= 11 is 0. The molecule has 1 aromatic heterocycles. The van der Waals surface area contributed by atoms with Crippen molar-refractivity contribution < 1.29 is 14.3 Å². The summed E-state index contributed by atoms with van der Waals surface area (Å²) in [5.74, 6) is -1.20. The Hall–Kier alpha value is -2.83. The van der Waals surface area contributed by atoms with Gasteiger partial charge in [-0.15, -0.1) is 0 Å². The van der Waals surface area contributed by atoms with Crippen molar-refractivity contribution in [3.05, 3.63) is 41.7 Å². The minimum Gasteiger partial charge on any atom is -0.461 e. The summed E-state index contributed by atoms with van der Waals surface area (Å²) in [6.07, 6.45) is 1.44. The molecule has 0 radical (unpaired) electrons. The number of nitrogens with zero attached hydrogens (tertiary/aromatic N) is 2. The van der Waals surface area contributed by atoms with Crippen LogP contribution in [-0.4, -0.2) is 28.3 Å². The SMILES string of the molecule is CCOC(=O)c1nn(-c2ccccc2C(N)=O)cc1N. The number of nitrogens with two attached hydrogens (primary N) is 2. The molecule has 0 unspecified atom stereocenters. The average Bonchev–Trinajstić information content (AvgIpc) is 2.81. The highest BCUT2D eigenvalue weighted by Crippen LogP contribution is 2.18. The fourth-order valence-corrected chi connectivity index (χ4v) is 1.75. The monoisotopic (exact) mass is 274 g/mol. The highest BCUT2D eigenvalue weighted by Gasteiger charge is 2.18. The molecule has 0 atom stereocenters. The Morgan fingerprint density at radius 1 is 1.35 bits per heavy atom. The molecule has 0 fully saturated rings. The van der Waals surface area contributed by atoms with E-state index in [1.165, 1.54) is 10.9 Å². The third-order valence-corrected chi connectivity index (χ3v) is 2.63. The Morgan fingerprint density at radius 3 is 2.70 bits per heavy atom. The van der Waals surface area contributed by atoms with E-state index in [9.17, 15) is 9.59 Å². The number of hydrogen-bond acceptors (Lipinski definition) is 5. The van der Waals surface area contributed by atoms with Gasteiger partial charge in [0.05, 0.1) is 29.7 Å². The van der Waals surface area contributed by atoms with E-state index in [4.69, 9.17) is 16.2 Å². The first-order valence-electron chi connectivity index (χ1n) is 5.96. The number of para-hydroxylation sites is 1. The van der Waals surface area contributed by atoms with Gasteiger partial charge < -0.3 is 16.2 Å². The van der Waals surface area contributed by atoms with Gasteiger partial charge in [0.2, 0.25) is 0 Å². The van der Waals surface area contributed by atoms with Crippen LogP contribution in [0.3, 0.4) is 0 Å². The topological polar surface area (TPSA) is 113 Å². The molecule has 0 aliphatic rings. The maximum atomic E-state index is 11.7. The maximum absolute atomic E-state index is 11.7. The highest BCUT2D eigenvalue weighted by molar-refractivity contribution is 5.97. The number of anilines is 1. The van der Waals surface area contributed by atoms with Crippen LogP contribution in [0.1, 0.15) is 27.8 Å². The Kier molecular flexibility index (Phi) is 3.69. The van der Waals surface area contributed by atoms with Gasteiger partial charge in [0.25, 0.3) is 5.91 Å². The number of aromatic nitrogens is 2. The van der Waals surface area contributed by atoms with Gasteiger partial charge in [0.1, 0.15) is 0 Å². The van der Waals surface area contributed by atoms with E-state index in [1.807, 2.05) is 0 Å². The van der Waals surface area contributed by atoms with Gasteiger partial charge >= 0.3 is 5.97 Å². The van der Waals surface area contributed by atoms with Crippen molar-refractivity contribution >= 4 is 17.6 Å². The first kappa shape index (κ1) is 13.6. The van der Waals surface area contributed by atoms with Gasteiger partial charge in [-0.1, -0.05) is 12.1 Å². The largest absolute Gasteiger partial charge is 0.461 e. The van der Waals surface area contributed by atoms with E-state index in [-0.39, 0.29) is 23.6 Å². The second-order valence-corrected chi connectivity index (χ2v) is 3.98. The van der Waals surface area contributed by atoms with Gasteiger partial charge in [-0.3, -0.25) is 4.79 Å². The summed E-state index contributed by atoms with van der Waals surface area (Å²) in [7, 11) is 0. The van der Waals surface area contributed by atoms with Crippen LogP contribution < -0.4 is 11.5 Å². The number of ether oxygens (including phenoxy) is 1. The lowest BCUT2D eigenvalue weighted by atomic mass is 10.1. The zero-order valence-corrected chi connectivity index (χ0v) is 10.9. The molecule has 0 saturated carbocycles. The zero-order valence-electron chi connectivity index (χ0n) is 10.9. The number of carbonyl (C=O) groups is 2. The fourth-order valence-electron chi connectivity index (χ4n) is 1.75. The van der Waals surface area contributed by atoms with Crippen molar-refractivity contribution in [2.45, 2.75) is 6.92 Å². The van der Waals surface area contributed by atoms with Gasteiger partial charge in [-0.2, -0.15) is 5.10 Å². The molecule has 20 heavy (non-hydrogen) atoms. The van der Waals surface area contributed by atoms with Gasteiger partial charge in [0.15, 0.2) is 5.69 Å². The molecule has 104 valence electrons. The summed E-state index contributed by atoms with van der Waals surface area (Å²) in [6.45, 7) is 1.91. The predicted molar refractivity (Wildman–Crippen MR) is 72.5 cm³/mol. The molecule has 0 aliphatic heterocycles. The normalized spacial score (nSPS) is 10.2. The van der Waals surface area contributed by atoms with Gasteiger partial charge in [0, 0.05) is 0 Å². The number of esters is 1. The van der Waals surface area contributed by atoms with Crippen LogP contribution in [0.15, 0.2) is 30.5 Å². The maximum Gasteiger partial charge on any atom is 0.361 e. The lowest BCUT2D eigenvalue weighted by Crippen LogP contribution is -2.15. The number of benzene rings is 1. The van der Waals surface area contributed by atoms with E-state index < -0.39 is 11.9 Å². The van der Waals surface area contributed by atoms with Gasteiger partial charge in [-0.05, 0) is 19.1 Å². The molecule has 7 nitrogen and oxygen atoms in total. The molecule has 1 heterocycles. The van der Waals surface area contributed by atoms with Crippen molar-refractivity contribution in [1.82, 2.24) is 9.78 Å². The molecule has 2 rings (SSSR count). The standard InChI is InChI=1S/C13H14N4O3/c1-2-20-13(19)11-9(14)7-17(16-11)10-6-4-3-5-8(10)12(15)18/h3-7H,2,14H2,1H3,(H2,15,18). The lowest BCUT2D eigenvalue weighted by Gasteiger charge is -2.05. The van der Waals surface area contributed by atoms with E-state index in [2.05, 4.69) is 5.10 Å². The van der Waals surface area contributed by atoms with Gasteiger partial charge in [-0.25, -0.2) is 9.48 Å². The minimum absolute atomic E-state index is 0.00567. The van der Waals surface area contributed by atoms with Crippen LogP contribution in [0.4, 0.5) is 5.69 Å². The highest BCUT2D eigenvalue weighted by atomic mass is 16.5. The molecule has 7 heteroatoms. The molecule has 1 amide bonds. The number of primary amides is 1. The molecular weight excluding hydrogens is 260 g/mol. The number of nitrogen functional groups attached to an aromatic ring is 1. The van der Waals surface area contributed by atoms with E-state index in [0.717, 1.165) is 0 Å². The average molecular weight is 274 g/mol. The molecule has 4 N–H and O–H groups in total. The van der Waals surface area contributed by atoms with Crippen molar-refractivity contribution in [2.75, 3.05) is 12.3 Å². The molecule has 1 aromatic carbocycles. The summed E-state index contributed by atoms with van der Waals surface area (Å²) in [4.78, 5) is 23.0. The Labute approximate surface area is 115 Å². The zero-order chi connectivity index (χ0) is 14.7. The van der Waals surface area contributed by atoms with Crippen molar-refractivity contribution in [3.8, 4) is 5.69 Å². The predicted octanol–water partition coefficient (Wildman–Crippen LogP) is 0.730. The van der Waals surface area contributed by atoms with E-state index >= 15 is 0 Å². The lowest BCUT2D eigenvalue weighted by molar-refractivity contribution is 0.0520. The third-order valence-electron chi connectivity index (χ3n) is 2.63. The molecular formula is C13H14N4O3. The molecule has 0 aliphatic carbocycles. The Morgan fingerprint density at radius 2 is 2.05 bits per heavy atom. The van der Waals surface area contributed by atoms with Crippen molar-refractivity contribution in [2.24, 2.45) is 5.73 Å². The second kappa shape index (κ2) is 5.43. The van der Waals surface area contributed by atoms with Crippen LogP contribution in [0.25, 0.3) is 5.69 Å². The van der Waals surface area contributed by atoms with Crippen molar-refractivity contribution in [1.29, 1.82) is 0 Å². The number of hydrogen-bond donors (Lipinski definition) is 2. The Bertz CT molecular complexity index is 663. The summed E-state index contributed by atoms with van der Waals surface area (Å²) in [5.41, 5.74) is 11.9. The van der Waals surface area contributed by atoms with Crippen LogP contribution in [0.5, 0.6) is 0 Å². The summed E-state index contributed by atoms with van der Waals surface area (Å²) < 4.78 is 6.18. The second-order valence-electron chi connectivity index (χ2n) is 3.98. The summed E-state index contributed by atoms with van der Waals surface area (Å²) in [5, 5.41) is 4.05. The first-order valence-corrected chi connectivity index (χ1v) is 5.96. The quantitative estimate of drug-likeness (QED) is 0.798. The minimum atomic E-state index is -0.611. The number of carbonyl (C=O) groups excluding carboxylic acids is 2. The summed E-state index contributed by atoms with van der Waals surface area (Å²) in [6, 6.07) is 6.63. The fraction of sp³-hybridized carbons (Fsp3) is 0.154. The molecule has 2 aromatic rings.